The minimum absolute atomic E-state index is 0.0517. The van der Waals surface area contributed by atoms with Crippen LogP contribution in [0, 0.1) is 6.92 Å². The Balaban J connectivity index is 1.79. The number of amides is 1. The molecule has 0 aliphatic rings. The van der Waals surface area contributed by atoms with Crippen molar-refractivity contribution in [2.75, 3.05) is 11.1 Å². The maximum absolute atomic E-state index is 12.0. The van der Waals surface area contributed by atoms with Gasteiger partial charge in [0.2, 0.25) is 5.91 Å². The molecule has 2 rings (SSSR count). The van der Waals surface area contributed by atoms with E-state index in [4.69, 9.17) is 0 Å². The van der Waals surface area contributed by atoms with Gasteiger partial charge in [-0.2, -0.15) is 0 Å². The fourth-order valence-corrected chi connectivity index (χ4v) is 3.08. The van der Waals surface area contributed by atoms with E-state index in [1.54, 1.807) is 11.8 Å². The van der Waals surface area contributed by atoms with Gasteiger partial charge in [-0.1, -0.05) is 50.2 Å². The second kappa shape index (κ2) is 8.04. The predicted octanol–water partition coefficient (Wildman–Crippen LogP) is 4.99. The summed E-state index contributed by atoms with van der Waals surface area (Å²) in [6.07, 6.45) is 0. The molecule has 0 spiro atoms. The van der Waals surface area contributed by atoms with Gasteiger partial charge in [0.1, 0.15) is 0 Å². The van der Waals surface area contributed by atoms with Crippen molar-refractivity contribution < 1.29 is 4.79 Å². The van der Waals surface area contributed by atoms with Crippen LogP contribution in [0.4, 0.5) is 5.69 Å². The third kappa shape index (κ3) is 4.92. The molecule has 0 aliphatic carbocycles. The van der Waals surface area contributed by atoms with Gasteiger partial charge >= 0.3 is 0 Å². The Kier molecular flexibility index (Phi) is 6.08. The van der Waals surface area contributed by atoms with Crippen LogP contribution in [0.2, 0.25) is 0 Å². The summed E-state index contributed by atoms with van der Waals surface area (Å²) < 4.78 is 0. The highest BCUT2D eigenvalue weighted by Gasteiger charge is 2.05. The average Bonchev–Trinajstić information content (AvgIpc) is 2.50. The van der Waals surface area contributed by atoms with Gasteiger partial charge < -0.3 is 5.32 Å². The number of aryl methyl sites for hydroxylation is 1. The van der Waals surface area contributed by atoms with E-state index in [1.807, 2.05) is 24.3 Å². The molecule has 0 bridgehead atoms. The van der Waals surface area contributed by atoms with Gasteiger partial charge in [0.15, 0.2) is 0 Å². The molecule has 3 heteroatoms. The lowest BCUT2D eigenvalue weighted by molar-refractivity contribution is -0.113. The van der Waals surface area contributed by atoms with Crippen molar-refractivity contribution in [2.24, 2.45) is 0 Å². The molecule has 2 aromatic carbocycles. The molecule has 0 aromatic heterocycles. The van der Waals surface area contributed by atoms with E-state index in [0.717, 1.165) is 11.4 Å². The molecule has 0 atom stereocenters. The van der Waals surface area contributed by atoms with Crippen molar-refractivity contribution in [3.63, 3.8) is 0 Å². The van der Waals surface area contributed by atoms with Gasteiger partial charge in [0.05, 0.1) is 5.75 Å². The second-order valence-corrected chi connectivity index (χ2v) is 6.73. The molecule has 0 unspecified atom stereocenters. The Morgan fingerprint density at radius 2 is 1.77 bits per heavy atom. The zero-order valence-electron chi connectivity index (χ0n) is 13.4. The lowest BCUT2D eigenvalue weighted by atomic mass is 10.0. The summed E-state index contributed by atoms with van der Waals surface area (Å²) in [5, 5.41) is 2.95. The topological polar surface area (TPSA) is 29.1 Å². The smallest absolute Gasteiger partial charge is 0.234 e. The molecule has 1 N–H and O–H groups in total. The van der Waals surface area contributed by atoms with Gasteiger partial charge in [-0.05, 0) is 41.7 Å². The first-order valence-electron chi connectivity index (χ1n) is 7.58. The van der Waals surface area contributed by atoms with Crippen LogP contribution in [0.15, 0.2) is 48.5 Å². The normalized spacial score (nSPS) is 10.7. The van der Waals surface area contributed by atoms with E-state index in [0.29, 0.717) is 11.7 Å². The molecule has 0 aliphatic heterocycles. The molecule has 0 saturated carbocycles. The summed E-state index contributed by atoms with van der Waals surface area (Å²) in [5.74, 6) is 1.90. The molecule has 2 aromatic rings. The predicted molar refractivity (Wildman–Crippen MR) is 96.5 cm³/mol. The van der Waals surface area contributed by atoms with E-state index in [1.165, 1.54) is 16.7 Å². The number of thioether (sulfide) groups is 1. The molecular weight excluding hydrogens is 290 g/mol. The third-order valence-corrected chi connectivity index (χ3v) is 4.59. The number of rotatable bonds is 6. The Labute approximate surface area is 137 Å². The first-order chi connectivity index (χ1) is 10.6. The standard InChI is InChI=1S/C19H23NOS/c1-14(2)16-8-10-18(11-9-16)20-19(21)13-22-12-17-7-5-4-6-15(17)3/h4-11,14H,12-13H2,1-3H3,(H,20,21). The van der Waals surface area contributed by atoms with Crippen LogP contribution in [-0.4, -0.2) is 11.7 Å². The first kappa shape index (κ1) is 16.6. The molecule has 0 saturated heterocycles. The number of hydrogen-bond acceptors (Lipinski definition) is 2. The summed E-state index contributed by atoms with van der Waals surface area (Å²) in [4.78, 5) is 12.0. The molecule has 1 amide bonds. The Morgan fingerprint density at radius 1 is 1.09 bits per heavy atom. The minimum atomic E-state index is 0.0517. The van der Waals surface area contributed by atoms with Crippen molar-refractivity contribution in [1.29, 1.82) is 0 Å². The molecular formula is C19H23NOS. The lowest BCUT2D eigenvalue weighted by Gasteiger charge is -2.09. The molecule has 22 heavy (non-hydrogen) atoms. The highest BCUT2D eigenvalue weighted by atomic mass is 32.2. The number of benzene rings is 2. The maximum Gasteiger partial charge on any atom is 0.234 e. The molecule has 0 fully saturated rings. The summed E-state index contributed by atoms with van der Waals surface area (Å²) >= 11 is 1.64. The van der Waals surface area contributed by atoms with Gasteiger partial charge in [-0.3, -0.25) is 4.79 Å². The van der Waals surface area contributed by atoms with Gasteiger partial charge in [0.25, 0.3) is 0 Å². The number of carbonyl (C=O) groups is 1. The SMILES string of the molecule is Cc1ccccc1CSCC(=O)Nc1ccc(C(C)C)cc1. The van der Waals surface area contributed by atoms with E-state index in [2.05, 4.69) is 50.4 Å². The van der Waals surface area contributed by atoms with Crippen LogP contribution in [0.5, 0.6) is 0 Å². The zero-order valence-corrected chi connectivity index (χ0v) is 14.2. The number of anilines is 1. The lowest BCUT2D eigenvalue weighted by Crippen LogP contribution is -2.14. The monoisotopic (exact) mass is 313 g/mol. The average molecular weight is 313 g/mol. The Hall–Kier alpha value is -1.74. The van der Waals surface area contributed by atoms with E-state index in [9.17, 15) is 4.79 Å². The highest BCUT2D eigenvalue weighted by Crippen LogP contribution is 2.18. The van der Waals surface area contributed by atoms with Crippen LogP contribution < -0.4 is 5.32 Å². The van der Waals surface area contributed by atoms with E-state index < -0.39 is 0 Å². The summed E-state index contributed by atoms with van der Waals surface area (Å²) in [7, 11) is 0. The Bertz CT molecular complexity index is 620. The van der Waals surface area contributed by atoms with Gasteiger partial charge in [-0.25, -0.2) is 0 Å². The van der Waals surface area contributed by atoms with Crippen LogP contribution >= 0.6 is 11.8 Å². The zero-order chi connectivity index (χ0) is 15.9. The summed E-state index contributed by atoms with van der Waals surface area (Å²) in [5.41, 5.74) is 4.72. The van der Waals surface area contributed by atoms with E-state index in [-0.39, 0.29) is 5.91 Å². The third-order valence-electron chi connectivity index (χ3n) is 3.61. The van der Waals surface area contributed by atoms with Crippen LogP contribution in [0.3, 0.4) is 0 Å². The summed E-state index contributed by atoms with van der Waals surface area (Å²) in [6, 6.07) is 16.4. The van der Waals surface area contributed by atoms with E-state index >= 15 is 0 Å². The quantitative estimate of drug-likeness (QED) is 0.814. The van der Waals surface area contributed by atoms with Crippen molar-refractivity contribution in [3.8, 4) is 0 Å². The number of nitrogens with one attached hydrogen (secondary N) is 1. The van der Waals surface area contributed by atoms with Gasteiger partial charge in [-0.15, -0.1) is 11.8 Å². The van der Waals surface area contributed by atoms with Gasteiger partial charge in [0, 0.05) is 11.4 Å². The molecule has 0 heterocycles. The first-order valence-corrected chi connectivity index (χ1v) is 8.74. The van der Waals surface area contributed by atoms with Crippen molar-refractivity contribution in [1.82, 2.24) is 0 Å². The number of hydrogen-bond donors (Lipinski definition) is 1. The molecule has 2 nitrogen and oxygen atoms in total. The van der Waals surface area contributed by atoms with Crippen molar-refractivity contribution in [3.05, 3.63) is 65.2 Å². The fraction of sp³-hybridized carbons (Fsp3) is 0.316. The maximum atomic E-state index is 12.0. The summed E-state index contributed by atoms with van der Waals surface area (Å²) in [6.45, 7) is 6.43. The van der Waals surface area contributed by atoms with Crippen molar-refractivity contribution >= 4 is 23.4 Å². The second-order valence-electron chi connectivity index (χ2n) is 5.74. The van der Waals surface area contributed by atoms with Crippen molar-refractivity contribution in [2.45, 2.75) is 32.4 Å². The minimum Gasteiger partial charge on any atom is -0.325 e. The largest absolute Gasteiger partial charge is 0.325 e. The molecule has 0 radical (unpaired) electrons. The van der Waals surface area contributed by atoms with Crippen LogP contribution in [0.25, 0.3) is 0 Å². The molecule has 116 valence electrons. The fourth-order valence-electron chi connectivity index (χ4n) is 2.17. The highest BCUT2D eigenvalue weighted by molar-refractivity contribution is 7.99. The Morgan fingerprint density at radius 3 is 2.41 bits per heavy atom. The number of carbonyl (C=O) groups excluding carboxylic acids is 1. The van der Waals surface area contributed by atoms with Crippen LogP contribution in [-0.2, 0) is 10.5 Å². The van der Waals surface area contributed by atoms with Crippen LogP contribution in [0.1, 0.15) is 36.5 Å².